The van der Waals surface area contributed by atoms with Crippen LogP contribution in [0.3, 0.4) is 0 Å². The van der Waals surface area contributed by atoms with E-state index in [9.17, 15) is 45.8 Å². The van der Waals surface area contributed by atoms with Crippen LogP contribution in [0.4, 0.5) is 36.8 Å². The highest BCUT2D eigenvalue weighted by Gasteiger charge is 2.71. The van der Waals surface area contributed by atoms with Gasteiger partial charge in [-0.05, 0) is 64.8 Å². The second-order valence-corrected chi connectivity index (χ2v) is 12.7. The zero-order chi connectivity index (χ0) is 36.0. The summed E-state index contributed by atoms with van der Waals surface area (Å²) in [5, 5.41) is 12.6. The number of nitrogens with zero attached hydrogens (tertiary/aromatic N) is 4. The first kappa shape index (κ1) is 36.8. The Balaban J connectivity index is 1.52. The smallest absolute Gasteiger partial charge is 0.430 e. The molecule has 0 aliphatic carbocycles. The molecule has 4 rings (SSSR count). The number of ether oxygens (including phenoxy) is 1. The fraction of sp³-hybridized carbons (Fsp3) is 0.562. The fourth-order valence-electron chi connectivity index (χ4n) is 6.12. The molecule has 1 unspecified atom stereocenters. The minimum atomic E-state index is -6.02. The van der Waals surface area contributed by atoms with E-state index < -0.39 is 65.5 Å². The molecule has 2 fully saturated rings. The number of carbonyl (C=O) groups is 3. The predicted octanol–water partition coefficient (Wildman–Crippen LogP) is 5.03. The number of urea groups is 1. The molecule has 2 saturated heterocycles. The van der Waals surface area contributed by atoms with Crippen molar-refractivity contribution in [1.82, 2.24) is 20.1 Å². The van der Waals surface area contributed by atoms with Crippen LogP contribution in [0.5, 0.6) is 5.75 Å². The Morgan fingerprint density at radius 1 is 1.06 bits per heavy atom. The molecule has 16 heteroatoms. The Hall–Kier alpha value is -4.08. The first-order chi connectivity index (χ1) is 22.1. The van der Waals surface area contributed by atoms with Crippen molar-refractivity contribution in [2.75, 3.05) is 24.5 Å². The second-order valence-electron chi connectivity index (χ2n) is 12.7. The maximum Gasteiger partial charge on any atom is 0.430 e. The lowest BCUT2D eigenvalue weighted by Gasteiger charge is -2.46. The van der Waals surface area contributed by atoms with Gasteiger partial charge in [0.05, 0.1) is 18.0 Å². The van der Waals surface area contributed by atoms with Gasteiger partial charge in [-0.3, -0.25) is 19.5 Å². The number of aliphatic hydroxyl groups is 1. The largest absolute Gasteiger partial charge is 0.489 e. The molecule has 3 atom stereocenters. The number of imide groups is 1. The number of nitrogens with one attached hydrogen (secondary N) is 1. The summed E-state index contributed by atoms with van der Waals surface area (Å²) >= 11 is 0. The maximum absolute atomic E-state index is 13.6. The van der Waals surface area contributed by atoms with Crippen LogP contribution in [0, 0.1) is 0 Å². The van der Waals surface area contributed by atoms with Crippen LogP contribution in [0.1, 0.15) is 64.8 Å². The summed E-state index contributed by atoms with van der Waals surface area (Å²) in [7, 11) is 0. The van der Waals surface area contributed by atoms with Crippen LogP contribution < -0.4 is 15.0 Å². The van der Waals surface area contributed by atoms with Crippen LogP contribution in [-0.2, 0) is 27.1 Å². The van der Waals surface area contributed by atoms with E-state index in [1.54, 1.807) is 37.8 Å². The summed E-state index contributed by atoms with van der Waals surface area (Å²) < 4.78 is 87.1. The van der Waals surface area contributed by atoms with Crippen molar-refractivity contribution in [2.45, 2.75) is 96.1 Å². The monoisotopic (exact) mass is 687 g/mol. The number of hydrogen-bond acceptors (Lipinski definition) is 7. The Labute approximate surface area is 274 Å². The first-order valence-corrected chi connectivity index (χ1v) is 15.5. The van der Waals surface area contributed by atoms with Crippen molar-refractivity contribution in [3.8, 4) is 5.75 Å². The number of carbonyl (C=O) groups excluding carboxylic acids is 3. The molecule has 264 valence electrons. The standard InChI is InChI=1S/C32H39F6N5O5/c1-7-8-21-13-22(30(47,31(33,34)35)32(36,37)38)9-11-24(21)41-15-20(5)42(16-19(41)4)26(44)17-43-27(45)29(6,40-28(43)46)25-12-10-23(14-39-25)48-18(2)3/h9-14,18-20,47H,7-8,15-17H2,1-6H3,(H,40,46)/t19?,20-,29+/m0/s1. The zero-order valence-electron chi connectivity index (χ0n) is 27.4. The minimum Gasteiger partial charge on any atom is -0.489 e. The van der Waals surface area contributed by atoms with E-state index in [2.05, 4.69) is 10.3 Å². The number of anilines is 1. The molecule has 2 aliphatic heterocycles. The number of alkyl halides is 6. The first-order valence-electron chi connectivity index (χ1n) is 15.5. The lowest BCUT2D eigenvalue weighted by atomic mass is 9.89. The topological polar surface area (TPSA) is 115 Å². The van der Waals surface area contributed by atoms with Gasteiger partial charge in [0.25, 0.3) is 11.5 Å². The Morgan fingerprint density at radius 3 is 2.25 bits per heavy atom. The van der Waals surface area contributed by atoms with Crippen molar-refractivity contribution in [1.29, 1.82) is 0 Å². The zero-order valence-corrected chi connectivity index (χ0v) is 27.4. The van der Waals surface area contributed by atoms with Crippen LogP contribution in [-0.4, -0.2) is 87.9 Å². The Morgan fingerprint density at radius 2 is 1.71 bits per heavy atom. The summed E-state index contributed by atoms with van der Waals surface area (Å²) in [4.78, 5) is 48.2. The molecule has 1 aromatic heterocycles. The predicted molar refractivity (Wildman–Crippen MR) is 162 cm³/mol. The molecule has 0 radical (unpaired) electrons. The SMILES string of the molecule is CCCc1cc(C(O)(C(F)(F)F)C(F)(F)F)ccc1N1C[C@H](C)N(C(=O)CN2C(=O)N[C@](C)(c3ccc(OC(C)C)cn3)C2=O)CC1C. The molecular weight excluding hydrogens is 648 g/mol. The van der Waals surface area contributed by atoms with Gasteiger partial charge in [-0.15, -0.1) is 0 Å². The third kappa shape index (κ3) is 6.63. The van der Waals surface area contributed by atoms with E-state index >= 15 is 0 Å². The average Bonchev–Trinajstić information content (AvgIpc) is 3.20. The third-order valence-electron chi connectivity index (χ3n) is 8.64. The van der Waals surface area contributed by atoms with Gasteiger partial charge in [-0.1, -0.05) is 25.5 Å². The van der Waals surface area contributed by atoms with Gasteiger partial charge in [0.2, 0.25) is 5.91 Å². The fourth-order valence-corrected chi connectivity index (χ4v) is 6.12. The van der Waals surface area contributed by atoms with E-state index in [4.69, 9.17) is 4.74 Å². The quantitative estimate of drug-likeness (QED) is 0.281. The molecular formula is C32H39F6N5O5. The van der Waals surface area contributed by atoms with Gasteiger partial charge < -0.3 is 25.0 Å². The van der Waals surface area contributed by atoms with E-state index in [1.165, 1.54) is 18.0 Å². The number of aryl methyl sites for hydroxylation is 1. The van der Waals surface area contributed by atoms with Crippen molar-refractivity contribution in [2.24, 2.45) is 0 Å². The molecule has 48 heavy (non-hydrogen) atoms. The Bertz CT molecular complexity index is 1520. The average molecular weight is 688 g/mol. The van der Waals surface area contributed by atoms with E-state index in [1.807, 2.05) is 13.8 Å². The minimum absolute atomic E-state index is 0.0855. The summed E-state index contributed by atoms with van der Waals surface area (Å²) in [5.41, 5.74) is -7.11. The summed E-state index contributed by atoms with van der Waals surface area (Å²) in [6.07, 6.45) is -10.2. The molecule has 4 amide bonds. The van der Waals surface area contributed by atoms with Gasteiger partial charge in [0.1, 0.15) is 12.3 Å². The molecule has 2 aromatic rings. The number of amides is 4. The van der Waals surface area contributed by atoms with Gasteiger partial charge in [0.15, 0.2) is 5.54 Å². The molecule has 2 aliphatic rings. The van der Waals surface area contributed by atoms with E-state index in [-0.39, 0.29) is 36.9 Å². The second kappa shape index (κ2) is 13.1. The number of halogens is 6. The van der Waals surface area contributed by atoms with Crippen molar-refractivity contribution in [3.05, 3.63) is 53.3 Å². The number of rotatable bonds is 9. The summed E-state index contributed by atoms with van der Waals surface area (Å²) in [6.45, 7) is 10.0. The molecule has 3 heterocycles. The summed E-state index contributed by atoms with van der Waals surface area (Å²) in [6, 6.07) is 3.91. The molecule has 0 spiro atoms. The third-order valence-corrected chi connectivity index (χ3v) is 8.64. The molecule has 0 saturated carbocycles. The Kier molecular flexibility index (Phi) is 10.0. The van der Waals surface area contributed by atoms with Gasteiger partial charge in [0, 0.05) is 36.4 Å². The molecule has 2 N–H and O–H groups in total. The van der Waals surface area contributed by atoms with Crippen LogP contribution in [0.25, 0.3) is 0 Å². The maximum atomic E-state index is 13.6. The van der Waals surface area contributed by atoms with Gasteiger partial charge in [-0.25, -0.2) is 4.79 Å². The molecule has 0 bridgehead atoms. The van der Waals surface area contributed by atoms with Crippen molar-refractivity contribution < 1.29 is 50.6 Å². The van der Waals surface area contributed by atoms with Crippen molar-refractivity contribution >= 4 is 23.5 Å². The van der Waals surface area contributed by atoms with Crippen molar-refractivity contribution in [3.63, 3.8) is 0 Å². The number of aromatic nitrogens is 1. The highest BCUT2D eigenvalue weighted by atomic mass is 19.4. The van der Waals surface area contributed by atoms with Crippen LogP contribution in [0.2, 0.25) is 0 Å². The number of benzene rings is 1. The molecule has 1 aromatic carbocycles. The molecule has 10 nitrogen and oxygen atoms in total. The summed E-state index contributed by atoms with van der Waals surface area (Å²) in [5.74, 6) is -0.725. The van der Waals surface area contributed by atoms with E-state index in [0.29, 0.717) is 23.9 Å². The van der Waals surface area contributed by atoms with Gasteiger partial charge >= 0.3 is 18.4 Å². The highest BCUT2D eigenvalue weighted by molar-refractivity contribution is 6.09. The number of pyridine rings is 1. The van der Waals surface area contributed by atoms with Crippen LogP contribution >= 0.6 is 0 Å². The lowest BCUT2D eigenvalue weighted by Crippen LogP contribution is -2.60. The lowest BCUT2D eigenvalue weighted by molar-refractivity contribution is -0.376. The number of piperazine rings is 1. The number of hydrogen-bond donors (Lipinski definition) is 2. The normalized spacial score (nSPS) is 22.4. The highest BCUT2D eigenvalue weighted by Crippen LogP contribution is 2.50. The van der Waals surface area contributed by atoms with Gasteiger partial charge in [-0.2, -0.15) is 26.3 Å². The van der Waals surface area contributed by atoms with E-state index in [0.717, 1.165) is 17.0 Å². The van der Waals surface area contributed by atoms with Crippen LogP contribution in [0.15, 0.2) is 36.5 Å².